The fourth-order valence-corrected chi connectivity index (χ4v) is 5.52. The summed E-state index contributed by atoms with van der Waals surface area (Å²) >= 11 is 1.49. The molecule has 3 rings (SSSR count). The highest BCUT2D eigenvalue weighted by Gasteiger charge is 2.28. The zero-order valence-electron chi connectivity index (χ0n) is 13.5. The van der Waals surface area contributed by atoms with Gasteiger partial charge in [-0.05, 0) is 25.8 Å². The van der Waals surface area contributed by atoms with Crippen LogP contribution < -0.4 is 10.9 Å². The molecule has 0 aromatic carbocycles. The van der Waals surface area contributed by atoms with Crippen LogP contribution in [0.1, 0.15) is 23.3 Å². The number of hydrogen-bond acceptors (Lipinski definition) is 6. The predicted molar refractivity (Wildman–Crippen MR) is 93.2 cm³/mol. The van der Waals surface area contributed by atoms with Crippen LogP contribution in [0.25, 0.3) is 10.2 Å². The Bertz CT molecular complexity index is 959. The summed E-state index contributed by atoms with van der Waals surface area (Å²) in [6, 6.07) is -0.318. The minimum Gasteiger partial charge on any atom is -0.352 e. The van der Waals surface area contributed by atoms with Gasteiger partial charge < -0.3 is 5.32 Å². The first kappa shape index (κ1) is 17.1. The summed E-state index contributed by atoms with van der Waals surface area (Å²) in [5.74, 6) is -0.128. The smallest absolute Gasteiger partial charge is 0.262 e. The highest BCUT2D eigenvalue weighted by molar-refractivity contribution is 7.91. The third-order valence-electron chi connectivity index (χ3n) is 4.33. The molecule has 130 valence electrons. The fourth-order valence-electron chi connectivity index (χ4n) is 2.86. The molecule has 1 aliphatic rings. The van der Waals surface area contributed by atoms with Crippen molar-refractivity contribution < 1.29 is 13.2 Å². The number of aromatic nitrogens is 2. The maximum absolute atomic E-state index is 12.5. The Kier molecular flexibility index (Phi) is 4.48. The van der Waals surface area contributed by atoms with E-state index in [1.165, 1.54) is 22.2 Å². The van der Waals surface area contributed by atoms with E-state index in [-0.39, 0.29) is 42.0 Å². The Morgan fingerprint density at radius 1 is 1.46 bits per heavy atom. The molecule has 2 aromatic rings. The molecule has 9 heteroatoms. The number of nitrogens with one attached hydrogen (secondary N) is 1. The standard InChI is InChI=1S/C15H19N3O4S2/c1-9-10(2)23-14-13(9)15(20)18(8-16-14)5-3-12(19)17-11-4-6-24(21,22)7-11/h8,11H,3-7H2,1-2H3,(H,17,19). The first-order valence-corrected chi connectivity index (χ1v) is 10.4. The van der Waals surface area contributed by atoms with Crippen LogP contribution in [0.3, 0.4) is 0 Å². The van der Waals surface area contributed by atoms with E-state index in [1.54, 1.807) is 0 Å². The van der Waals surface area contributed by atoms with E-state index in [0.29, 0.717) is 16.6 Å². The van der Waals surface area contributed by atoms with Crippen molar-refractivity contribution >= 4 is 37.3 Å². The molecule has 0 bridgehead atoms. The third kappa shape index (κ3) is 3.36. The quantitative estimate of drug-likeness (QED) is 0.858. The molecule has 1 amide bonds. The third-order valence-corrected chi connectivity index (χ3v) is 7.22. The lowest BCUT2D eigenvalue weighted by molar-refractivity contribution is -0.121. The zero-order chi connectivity index (χ0) is 17.5. The molecule has 3 heterocycles. The van der Waals surface area contributed by atoms with Crippen LogP contribution >= 0.6 is 11.3 Å². The lowest BCUT2D eigenvalue weighted by atomic mass is 10.2. The van der Waals surface area contributed by atoms with E-state index < -0.39 is 9.84 Å². The van der Waals surface area contributed by atoms with Gasteiger partial charge in [0.25, 0.3) is 5.56 Å². The second-order valence-corrected chi connectivity index (χ2v) is 9.56. The van der Waals surface area contributed by atoms with Crippen molar-refractivity contribution in [2.45, 2.75) is 39.3 Å². The first-order chi connectivity index (χ1) is 11.3. The van der Waals surface area contributed by atoms with Crippen LogP contribution in [0, 0.1) is 13.8 Å². The van der Waals surface area contributed by atoms with Crippen LogP contribution in [0.5, 0.6) is 0 Å². The summed E-state index contributed by atoms with van der Waals surface area (Å²) in [5.41, 5.74) is 0.792. The van der Waals surface area contributed by atoms with Gasteiger partial charge in [-0.15, -0.1) is 11.3 Å². The van der Waals surface area contributed by atoms with Crippen molar-refractivity contribution in [3.8, 4) is 0 Å². The molecular weight excluding hydrogens is 350 g/mol. The summed E-state index contributed by atoms with van der Waals surface area (Å²) in [5, 5.41) is 3.34. The van der Waals surface area contributed by atoms with Gasteiger partial charge >= 0.3 is 0 Å². The van der Waals surface area contributed by atoms with Crippen molar-refractivity contribution in [3.63, 3.8) is 0 Å². The van der Waals surface area contributed by atoms with Crippen molar-refractivity contribution in [3.05, 3.63) is 27.1 Å². The van der Waals surface area contributed by atoms with E-state index >= 15 is 0 Å². The Morgan fingerprint density at radius 3 is 2.88 bits per heavy atom. The molecule has 1 N–H and O–H groups in total. The predicted octanol–water partition coefficient (Wildman–Crippen LogP) is 0.768. The number of thiophene rings is 1. The average Bonchev–Trinajstić information content (AvgIpc) is 2.98. The highest BCUT2D eigenvalue weighted by atomic mass is 32.2. The van der Waals surface area contributed by atoms with Crippen LogP contribution in [0.4, 0.5) is 0 Å². The molecule has 1 saturated heterocycles. The first-order valence-electron chi connectivity index (χ1n) is 7.72. The SMILES string of the molecule is Cc1sc2ncn(CCC(=O)NC3CCS(=O)(=O)C3)c(=O)c2c1C. The van der Waals surface area contributed by atoms with E-state index in [2.05, 4.69) is 10.3 Å². The van der Waals surface area contributed by atoms with Gasteiger partial charge in [0.1, 0.15) is 4.83 Å². The van der Waals surface area contributed by atoms with Gasteiger partial charge in [0.15, 0.2) is 9.84 Å². The highest BCUT2D eigenvalue weighted by Crippen LogP contribution is 2.25. The Balaban J connectivity index is 1.67. The van der Waals surface area contributed by atoms with Gasteiger partial charge in [0.2, 0.25) is 5.91 Å². The number of hydrogen-bond donors (Lipinski definition) is 1. The number of sulfone groups is 1. The molecule has 2 aromatic heterocycles. The topological polar surface area (TPSA) is 98.1 Å². The van der Waals surface area contributed by atoms with Gasteiger partial charge in [-0.1, -0.05) is 0 Å². The van der Waals surface area contributed by atoms with Crippen molar-refractivity contribution in [2.75, 3.05) is 11.5 Å². The number of aryl methyl sites for hydroxylation is 3. The fraction of sp³-hybridized carbons (Fsp3) is 0.533. The average molecular weight is 369 g/mol. The maximum atomic E-state index is 12.5. The van der Waals surface area contributed by atoms with Crippen molar-refractivity contribution in [2.24, 2.45) is 0 Å². The second-order valence-electron chi connectivity index (χ2n) is 6.12. The van der Waals surface area contributed by atoms with Gasteiger partial charge in [-0.25, -0.2) is 13.4 Å². The molecule has 0 saturated carbocycles. The lowest BCUT2D eigenvalue weighted by Crippen LogP contribution is -2.36. The molecule has 0 radical (unpaired) electrons. The number of fused-ring (bicyclic) bond motifs is 1. The molecule has 24 heavy (non-hydrogen) atoms. The second kappa shape index (κ2) is 6.29. The summed E-state index contributed by atoms with van der Waals surface area (Å²) in [6.07, 6.45) is 2.04. The lowest BCUT2D eigenvalue weighted by Gasteiger charge is -2.11. The normalized spacial score (nSPS) is 19.7. The molecular formula is C15H19N3O4S2. The van der Waals surface area contributed by atoms with E-state index in [9.17, 15) is 18.0 Å². The largest absolute Gasteiger partial charge is 0.352 e. The van der Waals surface area contributed by atoms with E-state index in [1.807, 2.05) is 13.8 Å². The van der Waals surface area contributed by atoms with Crippen LogP contribution in [-0.2, 0) is 21.2 Å². The number of carbonyl (C=O) groups excluding carboxylic acids is 1. The maximum Gasteiger partial charge on any atom is 0.262 e. The Morgan fingerprint density at radius 2 is 2.21 bits per heavy atom. The summed E-state index contributed by atoms with van der Waals surface area (Å²) in [7, 11) is -3.02. The molecule has 0 spiro atoms. The summed E-state index contributed by atoms with van der Waals surface area (Å²) < 4.78 is 24.2. The van der Waals surface area contributed by atoms with Crippen LogP contribution in [-0.4, -0.2) is 41.4 Å². The zero-order valence-corrected chi connectivity index (χ0v) is 15.2. The monoisotopic (exact) mass is 369 g/mol. The van der Waals surface area contributed by atoms with Crippen molar-refractivity contribution in [1.29, 1.82) is 0 Å². The molecule has 1 unspecified atom stereocenters. The van der Waals surface area contributed by atoms with Crippen LogP contribution in [0.2, 0.25) is 0 Å². The molecule has 1 fully saturated rings. The number of nitrogens with zero attached hydrogens (tertiary/aromatic N) is 2. The van der Waals surface area contributed by atoms with E-state index in [4.69, 9.17) is 0 Å². The van der Waals surface area contributed by atoms with Gasteiger partial charge in [0, 0.05) is 23.9 Å². The molecule has 1 atom stereocenters. The molecule has 0 aliphatic carbocycles. The molecule has 1 aliphatic heterocycles. The molecule has 7 nitrogen and oxygen atoms in total. The van der Waals surface area contributed by atoms with Gasteiger partial charge in [0.05, 0.1) is 23.2 Å². The van der Waals surface area contributed by atoms with Crippen LogP contribution in [0.15, 0.2) is 11.1 Å². The minimum atomic E-state index is -3.02. The Hall–Kier alpha value is -1.74. The van der Waals surface area contributed by atoms with Crippen molar-refractivity contribution in [1.82, 2.24) is 14.9 Å². The number of amides is 1. The summed E-state index contributed by atoms with van der Waals surface area (Å²) in [4.78, 5) is 30.6. The Labute approximate surface area is 143 Å². The minimum absolute atomic E-state index is 0.000418. The number of carbonyl (C=O) groups is 1. The van der Waals surface area contributed by atoms with Gasteiger partial charge in [-0.2, -0.15) is 0 Å². The van der Waals surface area contributed by atoms with Gasteiger partial charge in [-0.3, -0.25) is 14.2 Å². The summed E-state index contributed by atoms with van der Waals surface area (Å²) in [6.45, 7) is 4.07. The number of rotatable bonds is 4. The van der Waals surface area contributed by atoms with E-state index in [0.717, 1.165) is 10.4 Å².